The number of carbonyl (C=O) groups is 1. The van der Waals surface area contributed by atoms with Gasteiger partial charge >= 0.3 is 6.18 Å². The first-order valence-corrected chi connectivity index (χ1v) is 9.64. The zero-order chi connectivity index (χ0) is 18.6. The third-order valence-electron chi connectivity index (χ3n) is 3.68. The Morgan fingerprint density at radius 1 is 1.12 bits per heavy atom. The van der Waals surface area contributed by atoms with E-state index in [1.54, 1.807) is 11.3 Å². The van der Waals surface area contributed by atoms with E-state index >= 15 is 0 Å². The van der Waals surface area contributed by atoms with Gasteiger partial charge in [0.15, 0.2) is 0 Å². The Morgan fingerprint density at radius 2 is 1.88 bits per heavy atom. The molecule has 0 aliphatic carbocycles. The minimum atomic E-state index is -4.33. The van der Waals surface area contributed by atoms with Gasteiger partial charge in [-0.15, -0.1) is 11.3 Å². The molecule has 0 saturated heterocycles. The summed E-state index contributed by atoms with van der Waals surface area (Å²) in [4.78, 5) is 16.4. The summed E-state index contributed by atoms with van der Waals surface area (Å²) in [5.41, 5.74) is 1.83. The van der Waals surface area contributed by atoms with Gasteiger partial charge in [-0.25, -0.2) is 4.98 Å². The summed E-state index contributed by atoms with van der Waals surface area (Å²) in [6.45, 7) is 0.367. The first-order valence-electron chi connectivity index (χ1n) is 7.81. The Kier molecular flexibility index (Phi) is 5.73. The van der Waals surface area contributed by atoms with Gasteiger partial charge in [-0.3, -0.25) is 4.79 Å². The van der Waals surface area contributed by atoms with Gasteiger partial charge in [-0.05, 0) is 35.6 Å². The molecule has 0 aliphatic heterocycles. The van der Waals surface area contributed by atoms with Crippen molar-refractivity contribution in [2.75, 3.05) is 6.54 Å². The highest BCUT2D eigenvalue weighted by atomic mass is 32.1. The highest BCUT2D eigenvalue weighted by Gasteiger charge is 2.29. The lowest BCUT2D eigenvalue weighted by molar-refractivity contribution is -0.137. The molecule has 0 atom stereocenters. The number of alkyl halides is 3. The Labute approximate surface area is 156 Å². The van der Waals surface area contributed by atoms with Gasteiger partial charge in [0, 0.05) is 22.9 Å². The van der Waals surface area contributed by atoms with Crippen molar-refractivity contribution in [1.82, 2.24) is 10.3 Å². The van der Waals surface area contributed by atoms with E-state index in [9.17, 15) is 18.0 Å². The van der Waals surface area contributed by atoms with Gasteiger partial charge in [-0.2, -0.15) is 24.5 Å². The van der Waals surface area contributed by atoms with Gasteiger partial charge in [0.25, 0.3) is 0 Å². The number of hydrogen-bond donors (Lipinski definition) is 1. The average molecular weight is 396 g/mol. The van der Waals surface area contributed by atoms with Crippen LogP contribution in [0.4, 0.5) is 13.2 Å². The van der Waals surface area contributed by atoms with Crippen molar-refractivity contribution in [2.24, 2.45) is 0 Å². The lowest BCUT2D eigenvalue weighted by Gasteiger charge is -2.08. The Hall–Kier alpha value is -2.19. The molecule has 1 N–H and O–H groups in total. The molecule has 0 aliphatic rings. The van der Waals surface area contributed by atoms with Crippen LogP contribution in [0.1, 0.15) is 16.8 Å². The topological polar surface area (TPSA) is 42.0 Å². The van der Waals surface area contributed by atoms with E-state index < -0.39 is 11.7 Å². The van der Waals surface area contributed by atoms with Gasteiger partial charge < -0.3 is 5.32 Å². The molecule has 0 spiro atoms. The minimum absolute atomic E-state index is 0.154. The summed E-state index contributed by atoms with van der Waals surface area (Å²) < 4.78 is 37.5. The molecule has 2 aromatic heterocycles. The first kappa shape index (κ1) is 18.6. The third-order valence-corrected chi connectivity index (χ3v) is 5.30. The van der Waals surface area contributed by atoms with E-state index in [1.165, 1.54) is 23.5 Å². The Balaban J connectivity index is 1.46. The highest BCUT2D eigenvalue weighted by Crippen LogP contribution is 2.29. The molecule has 3 aromatic rings. The number of nitrogens with one attached hydrogen (secondary N) is 1. The molecule has 0 bridgehead atoms. The summed E-state index contributed by atoms with van der Waals surface area (Å²) in [5.74, 6) is -0.154. The molecule has 0 saturated carbocycles. The van der Waals surface area contributed by atoms with Crippen molar-refractivity contribution >= 4 is 28.6 Å². The van der Waals surface area contributed by atoms with Crippen LogP contribution in [-0.2, 0) is 23.8 Å². The fraction of sp³-hybridized carbons (Fsp3) is 0.222. The van der Waals surface area contributed by atoms with E-state index in [4.69, 9.17) is 0 Å². The second kappa shape index (κ2) is 8.01. The summed E-state index contributed by atoms with van der Waals surface area (Å²) in [6, 6.07) is 6.96. The van der Waals surface area contributed by atoms with Crippen LogP contribution in [0.3, 0.4) is 0 Å². The molecular weight excluding hydrogens is 381 g/mol. The number of thiazole rings is 1. The van der Waals surface area contributed by atoms with Gasteiger partial charge in [0.1, 0.15) is 5.01 Å². The van der Waals surface area contributed by atoms with Gasteiger partial charge in [0.2, 0.25) is 5.91 Å². The number of rotatable bonds is 6. The van der Waals surface area contributed by atoms with E-state index in [0.29, 0.717) is 18.7 Å². The van der Waals surface area contributed by atoms with Crippen molar-refractivity contribution in [3.8, 4) is 10.6 Å². The predicted molar refractivity (Wildman–Crippen MR) is 97.3 cm³/mol. The van der Waals surface area contributed by atoms with E-state index in [0.717, 1.165) is 28.3 Å². The summed E-state index contributed by atoms with van der Waals surface area (Å²) in [5, 5.41) is 9.51. The zero-order valence-electron chi connectivity index (χ0n) is 13.5. The van der Waals surface area contributed by atoms with Crippen LogP contribution in [0.2, 0.25) is 0 Å². The number of nitrogens with zero attached hydrogens (tertiary/aromatic N) is 1. The van der Waals surface area contributed by atoms with Crippen molar-refractivity contribution < 1.29 is 18.0 Å². The monoisotopic (exact) mass is 396 g/mol. The molecule has 0 unspecified atom stereocenters. The molecule has 8 heteroatoms. The van der Waals surface area contributed by atoms with Gasteiger partial charge in [-0.1, -0.05) is 12.1 Å². The number of carbonyl (C=O) groups excluding carboxylic acids is 1. The van der Waals surface area contributed by atoms with Crippen LogP contribution in [0.25, 0.3) is 10.6 Å². The van der Waals surface area contributed by atoms with Crippen LogP contribution in [-0.4, -0.2) is 17.4 Å². The normalized spacial score (nSPS) is 11.5. The van der Waals surface area contributed by atoms with Crippen molar-refractivity contribution in [1.29, 1.82) is 0 Å². The average Bonchev–Trinajstić information content (AvgIpc) is 3.25. The summed E-state index contributed by atoms with van der Waals surface area (Å²) in [6.07, 6.45) is -3.67. The quantitative estimate of drug-likeness (QED) is 0.651. The second-order valence-corrected chi connectivity index (χ2v) is 7.27. The number of aromatic nitrogens is 1. The molecule has 1 aromatic carbocycles. The van der Waals surface area contributed by atoms with E-state index in [2.05, 4.69) is 10.3 Å². The second-order valence-electron chi connectivity index (χ2n) is 5.63. The van der Waals surface area contributed by atoms with Crippen LogP contribution in [0, 0.1) is 0 Å². The molecule has 3 nitrogen and oxygen atoms in total. The van der Waals surface area contributed by atoms with Crippen LogP contribution in [0.15, 0.2) is 46.5 Å². The number of halogens is 3. The van der Waals surface area contributed by atoms with E-state index in [-0.39, 0.29) is 12.3 Å². The Bertz CT molecular complexity index is 855. The van der Waals surface area contributed by atoms with Crippen LogP contribution >= 0.6 is 22.7 Å². The first-order chi connectivity index (χ1) is 12.4. The summed E-state index contributed by atoms with van der Waals surface area (Å²) >= 11 is 3.09. The smallest absolute Gasteiger partial charge is 0.355 e. The zero-order valence-corrected chi connectivity index (χ0v) is 15.2. The lowest BCUT2D eigenvalue weighted by atomic mass is 10.1. The largest absolute Gasteiger partial charge is 0.416 e. The summed E-state index contributed by atoms with van der Waals surface area (Å²) in [7, 11) is 0. The number of hydrogen-bond acceptors (Lipinski definition) is 4. The molecule has 0 radical (unpaired) electrons. The molecule has 2 heterocycles. The maximum atomic E-state index is 12.5. The van der Waals surface area contributed by atoms with Crippen molar-refractivity contribution in [3.63, 3.8) is 0 Å². The van der Waals surface area contributed by atoms with Crippen molar-refractivity contribution in [3.05, 3.63) is 63.3 Å². The van der Waals surface area contributed by atoms with Gasteiger partial charge in [0.05, 0.1) is 17.7 Å². The fourth-order valence-corrected chi connectivity index (χ4v) is 3.87. The third kappa shape index (κ3) is 4.92. The maximum Gasteiger partial charge on any atom is 0.416 e. The number of thiophene rings is 1. The molecule has 136 valence electrons. The van der Waals surface area contributed by atoms with Crippen LogP contribution in [0.5, 0.6) is 0 Å². The SMILES string of the molecule is O=C(Cc1csc(-c2ccsc2)n1)NCCc1ccc(C(F)(F)F)cc1. The lowest BCUT2D eigenvalue weighted by Crippen LogP contribution is -2.27. The van der Waals surface area contributed by atoms with Crippen LogP contribution < -0.4 is 5.32 Å². The number of amides is 1. The Morgan fingerprint density at radius 3 is 2.54 bits per heavy atom. The maximum absolute atomic E-state index is 12.5. The molecular formula is C18H15F3N2OS2. The number of benzene rings is 1. The molecule has 1 amide bonds. The van der Waals surface area contributed by atoms with E-state index in [1.807, 2.05) is 22.2 Å². The highest BCUT2D eigenvalue weighted by molar-refractivity contribution is 7.14. The molecule has 3 rings (SSSR count). The fourth-order valence-electron chi connectivity index (χ4n) is 2.34. The standard InChI is InChI=1S/C18H15F3N2OS2/c19-18(20,21)14-3-1-12(2-4-14)5-7-22-16(24)9-15-11-26-17(23-15)13-6-8-25-10-13/h1-4,6,8,10-11H,5,7,9H2,(H,22,24). The molecule has 26 heavy (non-hydrogen) atoms. The van der Waals surface area contributed by atoms with Crippen molar-refractivity contribution in [2.45, 2.75) is 19.0 Å². The molecule has 0 fully saturated rings. The minimum Gasteiger partial charge on any atom is -0.355 e. The predicted octanol–water partition coefficient (Wildman–Crippen LogP) is 4.79.